The van der Waals surface area contributed by atoms with Gasteiger partial charge in [0.25, 0.3) is 5.56 Å². The Morgan fingerprint density at radius 2 is 1.95 bits per heavy atom. The smallest absolute Gasteiger partial charge is 0.254 e. The average Bonchev–Trinajstić information content (AvgIpc) is 2.42. The number of nitrogens with zero attached hydrogens (tertiary/aromatic N) is 1. The second kappa shape index (κ2) is 6.37. The molecule has 4 nitrogen and oxygen atoms in total. The summed E-state index contributed by atoms with van der Waals surface area (Å²) in [7, 11) is 0. The molecule has 0 aliphatic heterocycles. The fraction of sp³-hybridized carbons (Fsp3) is 0.375. The summed E-state index contributed by atoms with van der Waals surface area (Å²) in [5.74, 6) is 0.825. The van der Waals surface area contributed by atoms with Gasteiger partial charge < -0.3 is 9.72 Å². The van der Waals surface area contributed by atoms with Crippen LogP contribution in [0.15, 0.2) is 35.4 Å². The molecule has 0 saturated carbocycles. The number of ether oxygens (including phenoxy) is 1. The van der Waals surface area contributed by atoms with Crippen LogP contribution in [0.25, 0.3) is 11.3 Å². The van der Waals surface area contributed by atoms with Crippen LogP contribution in [0.5, 0.6) is 5.75 Å². The topological polar surface area (TPSA) is 55.0 Å². The molecule has 0 aliphatic rings. The predicted octanol–water partition coefficient (Wildman–Crippen LogP) is 3.18. The summed E-state index contributed by atoms with van der Waals surface area (Å²) < 4.78 is 5.62. The van der Waals surface area contributed by atoms with Gasteiger partial charge in [-0.05, 0) is 44.5 Å². The fourth-order valence-electron chi connectivity index (χ4n) is 2.12. The summed E-state index contributed by atoms with van der Waals surface area (Å²) in [5.41, 5.74) is 2.38. The monoisotopic (exact) mass is 272 g/mol. The largest absolute Gasteiger partial charge is 0.491 e. The van der Waals surface area contributed by atoms with Crippen LogP contribution in [0.1, 0.15) is 32.8 Å². The summed E-state index contributed by atoms with van der Waals surface area (Å²) in [6.45, 7) is 6.03. The van der Waals surface area contributed by atoms with Gasteiger partial charge in [-0.15, -0.1) is 0 Å². The van der Waals surface area contributed by atoms with Gasteiger partial charge in [-0.1, -0.05) is 13.3 Å². The number of H-pyrrole nitrogens is 1. The van der Waals surface area contributed by atoms with Gasteiger partial charge in [0, 0.05) is 11.1 Å². The zero-order valence-electron chi connectivity index (χ0n) is 12.1. The Labute approximate surface area is 118 Å². The molecule has 0 aliphatic carbocycles. The zero-order valence-corrected chi connectivity index (χ0v) is 12.1. The minimum atomic E-state index is -0.0562. The average molecular weight is 272 g/mol. The van der Waals surface area contributed by atoms with E-state index in [-0.39, 0.29) is 11.7 Å². The molecule has 0 bridgehead atoms. The van der Waals surface area contributed by atoms with E-state index in [0.717, 1.165) is 35.4 Å². The summed E-state index contributed by atoms with van der Waals surface area (Å²) in [6.07, 6.45) is 3.24. The second-order valence-electron chi connectivity index (χ2n) is 5.00. The Morgan fingerprint density at radius 3 is 2.55 bits per heavy atom. The molecule has 1 aromatic heterocycles. The molecule has 0 spiro atoms. The van der Waals surface area contributed by atoms with Crippen molar-refractivity contribution in [3.8, 4) is 17.0 Å². The lowest BCUT2D eigenvalue weighted by atomic mass is 10.0. The van der Waals surface area contributed by atoms with Crippen LogP contribution in [-0.4, -0.2) is 16.1 Å². The van der Waals surface area contributed by atoms with Crippen molar-refractivity contribution < 1.29 is 4.74 Å². The summed E-state index contributed by atoms with van der Waals surface area (Å²) in [5, 5.41) is 0. The fourth-order valence-corrected chi connectivity index (χ4v) is 2.12. The highest BCUT2D eigenvalue weighted by atomic mass is 16.5. The molecule has 4 heteroatoms. The van der Waals surface area contributed by atoms with Gasteiger partial charge >= 0.3 is 0 Å². The highest BCUT2D eigenvalue weighted by molar-refractivity contribution is 5.63. The van der Waals surface area contributed by atoms with E-state index in [1.807, 2.05) is 38.1 Å². The quantitative estimate of drug-likeness (QED) is 0.909. The van der Waals surface area contributed by atoms with Gasteiger partial charge in [0.15, 0.2) is 0 Å². The number of hydrogen-bond acceptors (Lipinski definition) is 3. The third-order valence-electron chi connectivity index (χ3n) is 2.95. The van der Waals surface area contributed by atoms with E-state index in [1.165, 1.54) is 6.33 Å². The number of benzene rings is 1. The molecule has 0 atom stereocenters. The molecule has 1 N–H and O–H groups in total. The maximum Gasteiger partial charge on any atom is 0.254 e. The third kappa shape index (κ3) is 3.26. The van der Waals surface area contributed by atoms with Crippen molar-refractivity contribution in [3.63, 3.8) is 0 Å². The Hall–Kier alpha value is -2.10. The van der Waals surface area contributed by atoms with E-state index in [4.69, 9.17) is 4.74 Å². The molecule has 0 radical (unpaired) electrons. The minimum Gasteiger partial charge on any atom is -0.491 e. The Morgan fingerprint density at radius 1 is 1.25 bits per heavy atom. The zero-order chi connectivity index (χ0) is 14.5. The summed E-state index contributed by atoms with van der Waals surface area (Å²) in [6, 6.07) is 7.71. The van der Waals surface area contributed by atoms with Gasteiger partial charge in [-0.2, -0.15) is 0 Å². The highest BCUT2D eigenvalue weighted by Gasteiger charge is 2.10. The molecule has 0 fully saturated rings. The summed E-state index contributed by atoms with van der Waals surface area (Å²) >= 11 is 0. The first-order chi connectivity index (χ1) is 9.61. The first-order valence-electron chi connectivity index (χ1n) is 6.95. The van der Waals surface area contributed by atoms with Gasteiger partial charge in [0.1, 0.15) is 5.75 Å². The number of nitrogens with one attached hydrogen (secondary N) is 1. The lowest BCUT2D eigenvalue weighted by molar-refractivity contribution is 0.242. The molecule has 1 heterocycles. The van der Waals surface area contributed by atoms with Crippen LogP contribution in [-0.2, 0) is 6.42 Å². The molecule has 106 valence electrons. The van der Waals surface area contributed by atoms with Crippen molar-refractivity contribution >= 4 is 0 Å². The Kier molecular flexibility index (Phi) is 4.56. The van der Waals surface area contributed by atoms with Crippen molar-refractivity contribution in [2.45, 2.75) is 39.7 Å². The lowest BCUT2D eigenvalue weighted by Crippen LogP contribution is -2.14. The summed E-state index contributed by atoms with van der Waals surface area (Å²) in [4.78, 5) is 18.9. The number of hydrogen-bond donors (Lipinski definition) is 1. The third-order valence-corrected chi connectivity index (χ3v) is 2.95. The number of rotatable bonds is 5. The van der Waals surface area contributed by atoms with Crippen molar-refractivity contribution in [1.82, 2.24) is 9.97 Å². The van der Waals surface area contributed by atoms with Crippen LogP contribution in [0, 0.1) is 0 Å². The molecule has 2 rings (SSSR count). The van der Waals surface area contributed by atoms with Gasteiger partial charge in [0.05, 0.1) is 18.1 Å². The van der Waals surface area contributed by atoms with E-state index in [9.17, 15) is 4.79 Å². The minimum absolute atomic E-state index is 0.0562. The molecule has 1 aromatic carbocycles. The van der Waals surface area contributed by atoms with Crippen molar-refractivity contribution in [3.05, 3.63) is 46.5 Å². The molecule has 0 saturated heterocycles. The number of aromatic nitrogens is 2. The first kappa shape index (κ1) is 14.3. The lowest BCUT2D eigenvalue weighted by Gasteiger charge is -2.11. The molecular weight excluding hydrogens is 252 g/mol. The van der Waals surface area contributed by atoms with E-state index in [0.29, 0.717) is 0 Å². The standard InChI is InChI=1S/C16H20N2O2/c1-4-5-14-15(17-10-18-16(14)19)12-6-8-13(9-7-12)20-11(2)3/h6-11H,4-5H2,1-3H3,(H,17,18,19). The molecule has 20 heavy (non-hydrogen) atoms. The second-order valence-corrected chi connectivity index (χ2v) is 5.00. The maximum absolute atomic E-state index is 11.9. The normalized spacial score (nSPS) is 10.8. The van der Waals surface area contributed by atoms with Crippen LogP contribution < -0.4 is 10.3 Å². The maximum atomic E-state index is 11.9. The van der Waals surface area contributed by atoms with E-state index in [1.54, 1.807) is 0 Å². The van der Waals surface area contributed by atoms with Crippen LogP contribution in [0.4, 0.5) is 0 Å². The van der Waals surface area contributed by atoms with Crippen LogP contribution in [0.2, 0.25) is 0 Å². The van der Waals surface area contributed by atoms with E-state index < -0.39 is 0 Å². The van der Waals surface area contributed by atoms with Gasteiger partial charge in [0.2, 0.25) is 0 Å². The Bertz CT molecular complexity index is 615. The molecule has 2 aromatic rings. The van der Waals surface area contributed by atoms with E-state index in [2.05, 4.69) is 16.9 Å². The van der Waals surface area contributed by atoms with Crippen molar-refractivity contribution in [1.29, 1.82) is 0 Å². The van der Waals surface area contributed by atoms with Crippen LogP contribution >= 0.6 is 0 Å². The van der Waals surface area contributed by atoms with E-state index >= 15 is 0 Å². The van der Waals surface area contributed by atoms with Crippen molar-refractivity contribution in [2.24, 2.45) is 0 Å². The molecule has 0 unspecified atom stereocenters. The van der Waals surface area contributed by atoms with Gasteiger partial charge in [-0.25, -0.2) is 4.98 Å². The van der Waals surface area contributed by atoms with Crippen LogP contribution in [0.3, 0.4) is 0 Å². The number of aromatic amines is 1. The molecular formula is C16H20N2O2. The predicted molar refractivity (Wildman–Crippen MR) is 80.1 cm³/mol. The van der Waals surface area contributed by atoms with Gasteiger partial charge in [-0.3, -0.25) is 4.79 Å². The SMILES string of the molecule is CCCc1c(-c2ccc(OC(C)C)cc2)nc[nH]c1=O. The van der Waals surface area contributed by atoms with Crippen molar-refractivity contribution in [2.75, 3.05) is 0 Å². The highest BCUT2D eigenvalue weighted by Crippen LogP contribution is 2.23. The molecule has 0 amide bonds. The first-order valence-corrected chi connectivity index (χ1v) is 6.95. The Balaban J connectivity index is 2.36.